The molecule has 0 radical (unpaired) electrons. The number of nitrogens with zero attached hydrogens (tertiary/aromatic N) is 3. The monoisotopic (exact) mass is 499 g/mol. The molecule has 0 unspecified atom stereocenters. The highest BCUT2D eigenvalue weighted by atomic mass is 32.2. The molecule has 0 atom stereocenters. The Kier molecular flexibility index (Phi) is 7.80. The van der Waals surface area contributed by atoms with Crippen LogP contribution in [0, 0.1) is 0 Å². The van der Waals surface area contributed by atoms with Gasteiger partial charge in [-0.05, 0) is 43.7 Å². The average molecular weight is 500 g/mol. The van der Waals surface area contributed by atoms with Crippen molar-refractivity contribution in [3.05, 3.63) is 81.0 Å². The molecule has 10 nitrogen and oxygen atoms in total. The quantitative estimate of drug-likeness (QED) is 0.464. The summed E-state index contributed by atoms with van der Waals surface area (Å²) in [5.74, 6) is -0.782. The maximum absolute atomic E-state index is 13.4. The summed E-state index contributed by atoms with van der Waals surface area (Å²) in [6.45, 7) is 4.14. The van der Waals surface area contributed by atoms with Gasteiger partial charge in [0.2, 0.25) is 0 Å². The number of sulfonamides is 1. The molecule has 2 aromatic carbocycles. The molecule has 0 saturated carbocycles. The zero-order valence-electron chi connectivity index (χ0n) is 19.9. The summed E-state index contributed by atoms with van der Waals surface area (Å²) < 4.78 is 29.2. The Hall–Kier alpha value is -3.86. The Bertz CT molecular complexity index is 1430. The number of hydrogen-bond acceptors (Lipinski definition) is 6. The predicted octanol–water partition coefficient (Wildman–Crippen LogP) is 2.41. The van der Waals surface area contributed by atoms with E-state index in [-0.39, 0.29) is 35.1 Å². The Labute approximate surface area is 203 Å². The fourth-order valence-corrected chi connectivity index (χ4v) is 5.26. The van der Waals surface area contributed by atoms with Crippen LogP contribution >= 0.6 is 0 Å². The number of benzene rings is 2. The van der Waals surface area contributed by atoms with Gasteiger partial charge < -0.3 is 10.6 Å². The van der Waals surface area contributed by atoms with Crippen LogP contribution in [0.2, 0.25) is 0 Å². The number of unbranched alkanes of at least 4 members (excludes halogenated alkanes) is 1. The minimum Gasteiger partial charge on any atom is -0.383 e. The molecule has 0 saturated heterocycles. The summed E-state index contributed by atoms with van der Waals surface area (Å²) in [7, 11) is -2.62. The lowest BCUT2D eigenvalue weighted by molar-refractivity contribution is 0.0992. The highest BCUT2D eigenvalue weighted by molar-refractivity contribution is 7.92. The first-order valence-electron chi connectivity index (χ1n) is 11.2. The van der Waals surface area contributed by atoms with E-state index in [1.165, 1.54) is 40.2 Å². The van der Waals surface area contributed by atoms with E-state index in [4.69, 9.17) is 5.73 Å². The van der Waals surface area contributed by atoms with Crippen LogP contribution < -0.4 is 26.2 Å². The van der Waals surface area contributed by atoms with Crippen molar-refractivity contribution in [3.63, 3.8) is 0 Å². The fourth-order valence-electron chi connectivity index (χ4n) is 3.74. The van der Waals surface area contributed by atoms with Crippen LogP contribution in [0.25, 0.3) is 0 Å². The molecule has 186 valence electrons. The van der Waals surface area contributed by atoms with Gasteiger partial charge in [-0.25, -0.2) is 13.2 Å². The second kappa shape index (κ2) is 10.6. The van der Waals surface area contributed by atoms with E-state index in [0.29, 0.717) is 12.1 Å². The van der Waals surface area contributed by atoms with E-state index in [2.05, 4.69) is 4.98 Å². The molecule has 3 rings (SSSR count). The van der Waals surface area contributed by atoms with E-state index in [9.17, 15) is 22.8 Å². The minimum absolute atomic E-state index is 0.0443. The van der Waals surface area contributed by atoms with Crippen LogP contribution in [0.3, 0.4) is 0 Å². The first-order valence-corrected chi connectivity index (χ1v) is 12.7. The van der Waals surface area contributed by atoms with E-state index in [1.807, 2.05) is 6.92 Å². The van der Waals surface area contributed by atoms with Crippen LogP contribution in [-0.2, 0) is 16.6 Å². The number of amides is 1. The molecule has 1 heterocycles. The van der Waals surface area contributed by atoms with Crippen LogP contribution in [0.4, 0.5) is 17.2 Å². The van der Waals surface area contributed by atoms with Gasteiger partial charge in [0, 0.05) is 25.7 Å². The number of nitrogens with one attached hydrogen (secondary N) is 1. The standard InChI is InChI=1S/C24H29N5O5S/c1-4-6-15-28-21(25)20(22(30)26-24(28)32)27(3)23(31)17-11-10-14-19(16-17)35(33,34)29(5-2)18-12-8-7-9-13-18/h7-14,16H,4-6,15,25H2,1-3H3,(H,26,30,32). The van der Waals surface area contributed by atoms with Crippen LogP contribution in [0.15, 0.2) is 69.1 Å². The highest BCUT2D eigenvalue weighted by Gasteiger charge is 2.26. The number of H-pyrrole nitrogens is 1. The molecule has 1 amide bonds. The maximum atomic E-state index is 13.4. The number of rotatable bonds is 9. The molecule has 0 aliphatic rings. The van der Waals surface area contributed by atoms with Crippen LogP contribution in [0.1, 0.15) is 37.0 Å². The lowest BCUT2D eigenvalue weighted by Gasteiger charge is -2.24. The third-order valence-corrected chi connectivity index (χ3v) is 7.49. The Morgan fingerprint density at radius 2 is 1.74 bits per heavy atom. The number of carbonyl (C=O) groups is 1. The van der Waals surface area contributed by atoms with E-state index >= 15 is 0 Å². The number of hydrogen-bond donors (Lipinski definition) is 2. The van der Waals surface area contributed by atoms with Crippen molar-refractivity contribution in [1.29, 1.82) is 0 Å². The summed E-state index contributed by atoms with van der Waals surface area (Å²) in [5.41, 5.74) is 5.01. The predicted molar refractivity (Wildman–Crippen MR) is 136 cm³/mol. The van der Waals surface area contributed by atoms with Gasteiger partial charge in [0.1, 0.15) is 5.82 Å². The number of para-hydroxylation sites is 1. The molecule has 0 fully saturated rings. The Balaban J connectivity index is 2.01. The van der Waals surface area contributed by atoms with Crippen molar-refractivity contribution in [2.24, 2.45) is 0 Å². The molecular weight excluding hydrogens is 470 g/mol. The Morgan fingerprint density at radius 3 is 2.37 bits per heavy atom. The largest absolute Gasteiger partial charge is 0.383 e. The number of anilines is 3. The molecule has 0 spiro atoms. The van der Waals surface area contributed by atoms with Gasteiger partial charge in [-0.2, -0.15) is 0 Å². The van der Waals surface area contributed by atoms with E-state index < -0.39 is 27.2 Å². The van der Waals surface area contributed by atoms with E-state index in [0.717, 1.165) is 11.3 Å². The molecule has 35 heavy (non-hydrogen) atoms. The zero-order valence-corrected chi connectivity index (χ0v) is 20.7. The summed E-state index contributed by atoms with van der Waals surface area (Å²) in [5, 5.41) is 0. The number of nitrogens with two attached hydrogens (primary N) is 1. The zero-order chi connectivity index (χ0) is 25.8. The van der Waals surface area contributed by atoms with Crippen molar-refractivity contribution in [2.75, 3.05) is 28.5 Å². The molecule has 1 aromatic heterocycles. The van der Waals surface area contributed by atoms with Gasteiger partial charge in [0.15, 0.2) is 5.69 Å². The first-order chi connectivity index (χ1) is 16.6. The lowest BCUT2D eigenvalue weighted by Crippen LogP contribution is -2.39. The van der Waals surface area contributed by atoms with Crippen molar-refractivity contribution in [2.45, 2.75) is 38.1 Å². The smallest absolute Gasteiger partial charge is 0.330 e. The molecule has 3 aromatic rings. The maximum Gasteiger partial charge on any atom is 0.330 e. The topological polar surface area (TPSA) is 139 Å². The number of aromatic nitrogens is 2. The summed E-state index contributed by atoms with van der Waals surface area (Å²) in [6, 6.07) is 14.2. The van der Waals surface area contributed by atoms with Gasteiger partial charge in [-0.15, -0.1) is 0 Å². The molecule has 0 aliphatic carbocycles. The summed E-state index contributed by atoms with van der Waals surface area (Å²) in [4.78, 5) is 41.1. The van der Waals surface area contributed by atoms with Gasteiger partial charge in [-0.1, -0.05) is 37.6 Å². The summed E-state index contributed by atoms with van der Waals surface area (Å²) in [6.07, 6.45) is 1.45. The van der Waals surface area contributed by atoms with Crippen molar-refractivity contribution >= 4 is 33.1 Å². The van der Waals surface area contributed by atoms with E-state index in [1.54, 1.807) is 37.3 Å². The van der Waals surface area contributed by atoms with Crippen LogP contribution in [-0.4, -0.2) is 37.5 Å². The van der Waals surface area contributed by atoms with Crippen LogP contribution in [0.5, 0.6) is 0 Å². The number of nitrogen functional groups attached to an aromatic ring is 1. The summed E-state index contributed by atoms with van der Waals surface area (Å²) >= 11 is 0. The lowest BCUT2D eigenvalue weighted by atomic mass is 10.2. The minimum atomic E-state index is -3.96. The highest BCUT2D eigenvalue weighted by Crippen LogP contribution is 2.25. The van der Waals surface area contributed by atoms with Crippen molar-refractivity contribution < 1.29 is 13.2 Å². The second-order valence-electron chi connectivity index (χ2n) is 7.90. The van der Waals surface area contributed by atoms with Gasteiger partial charge in [0.05, 0.1) is 10.6 Å². The molecule has 0 bridgehead atoms. The van der Waals surface area contributed by atoms with Gasteiger partial charge >= 0.3 is 5.69 Å². The SMILES string of the molecule is CCCCn1c(N)c(N(C)C(=O)c2cccc(S(=O)(=O)N(CC)c3ccccc3)c2)c(=O)[nH]c1=O. The van der Waals surface area contributed by atoms with Gasteiger partial charge in [0.25, 0.3) is 21.5 Å². The fraction of sp³-hybridized carbons (Fsp3) is 0.292. The molecule has 11 heteroatoms. The number of carbonyl (C=O) groups excluding carboxylic acids is 1. The third kappa shape index (κ3) is 5.14. The normalized spacial score (nSPS) is 11.3. The average Bonchev–Trinajstić information content (AvgIpc) is 2.84. The van der Waals surface area contributed by atoms with Crippen molar-refractivity contribution in [3.8, 4) is 0 Å². The van der Waals surface area contributed by atoms with Gasteiger partial charge in [-0.3, -0.25) is 23.4 Å². The van der Waals surface area contributed by atoms with Crippen molar-refractivity contribution in [1.82, 2.24) is 9.55 Å². The third-order valence-electron chi connectivity index (χ3n) is 5.59. The molecule has 0 aliphatic heterocycles. The molecular formula is C24H29N5O5S. The second-order valence-corrected chi connectivity index (χ2v) is 9.76. The molecule has 3 N–H and O–H groups in total. The Morgan fingerprint density at radius 1 is 1.06 bits per heavy atom. The number of aromatic amines is 1. The first kappa shape index (κ1) is 25.8.